The van der Waals surface area contributed by atoms with Crippen LogP contribution in [0.5, 0.6) is 5.75 Å². The number of hydrogen-bond donors (Lipinski definition) is 1. The van der Waals surface area contributed by atoms with E-state index in [1.165, 1.54) is 25.3 Å². The van der Waals surface area contributed by atoms with Crippen LogP contribution < -0.4 is 10.1 Å². The molecule has 0 aromatic heterocycles. The second-order valence-electron chi connectivity index (χ2n) is 4.00. The van der Waals surface area contributed by atoms with E-state index in [0.29, 0.717) is 11.3 Å². The highest BCUT2D eigenvalue weighted by molar-refractivity contribution is 6.04. The van der Waals surface area contributed by atoms with Gasteiger partial charge in [0.25, 0.3) is 5.91 Å². The van der Waals surface area contributed by atoms with Crippen LogP contribution >= 0.6 is 0 Å². The quantitative estimate of drug-likeness (QED) is 0.932. The number of ether oxygens (including phenoxy) is 1. The first-order valence-electron chi connectivity index (χ1n) is 5.79. The number of nitrogens with one attached hydrogen (secondary N) is 1. The number of carbonyl (C=O) groups is 1. The SMILES string of the molecule is COc1cc(C(=O)Nc2cccc(C#N)c2)ccc1F. The summed E-state index contributed by atoms with van der Waals surface area (Å²) in [5, 5.41) is 11.4. The first-order valence-corrected chi connectivity index (χ1v) is 5.79. The molecule has 5 heteroatoms. The minimum absolute atomic E-state index is 0.00317. The third-order valence-corrected chi connectivity index (χ3v) is 2.66. The van der Waals surface area contributed by atoms with Crippen LogP contribution in [0.4, 0.5) is 10.1 Å². The molecule has 0 fully saturated rings. The van der Waals surface area contributed by atoms with Gasteiger partial charge in [0.05, 0.1) is 18.7 Å². The molecule has 4 nitrogen and oxygen atoms in total. The van der Waals surface area contributed by atoms with E-state index < -0.39 is 11.7 Å². The topological polar surface area (TPSA) is 62.1 Å². The van der Waals surface area contributed by atoms with Gasteiger partial charge in [-0.3, -0.25) is 4.79 Å². The highest BCUT2D eigenvalue weighted by Gasteiger charge is 2.10. The van der Waals surface area contributed by atoms with Crippen molar-refractivity contribution in [1.29, 1.82) is 5.26 Å². The van der Waals surface area contributed by atoms with Crippen LogP contribution in [0.25, 0.3) is 0 Å². The summed E-state index contributed by atoms with van der Waals surface area (Å²) in [6.07, 6.45) is 0. The number of hydrogen-bond acceptors (Lipinski definition) is 3. The van der Waals surface area contributed by atoms with Crippen molar-refractivity contribution in [3.63, 3.8) is 0 Å². The minimum atomic E-state index is -0.532. The molecule has 20 heavy (non-hydrogen) atoms. The molecule has 0 aliphatic carbocycles. The van der Waals surface area contributed by atoms with Crippen molar-refractivity contribution in [3.05, 3.63) is 59.4 Å². The number of nitrogens with zero attached hydrogens (tertiary/aromatic N) is 1. The average Bonchev–Trinajstić information content (AvgIpc) is 2.47. The number of rotatable bonds is 3. The van der Waals surface area contributed by atoms with Crippen LogP contribution in [-0.2, 0) is 0 Å². The average molecular weight is 270 g/mol. The fourth-order valence-corrected chi connectivity index (χ4v) is 1.67. The van der Waals surface area contributed by atoms with Crippen molar-refractivity contribution in [2.24, 2.45) is 0 Å². The van der Waals surface area contributed by atoms with Crippen LogP contribution in [0.1, 0.15) is 15.9 Å². The molecule has 0 aliphatic rings. The van der Waals surface area contributed by atoms with Gasteiger partial charge in [0.1, 0.15) is 0 Å². The maximum atomic E-state index is 13.3. The lowest BCUT2D eigenvalue weighted by Gasteiger charge is -2.07. The lowest BCUT2D eigenvalue weighted by molar-refractivity contribution is 0.102. The van der Waals surface area contributed by atoms with Gasteiger partial charge in [-0.25, -0.2) is 4.39 Å². The molecule has 2 aromatic rings. The molecule has 1 amide bonds. The Balaban J connectivity index is 2.22. The van der Waals surface area contributed by atoms with Crippen molar-refractivity contribution in [1.82, 2.24) is 0 Å². The first-order chi connectivity index (χ1) is 9.63. The van der Waals surface area contributed by atoms with Gasteiger partial charge in [0, 0.05) is 11.3 Å². The zero-order chi connectivity index (χ0) is 14.5. The Bertz CT molecular complexity index is 693. The fourth-order valence-electron chi connectivity index (χ4n) is 1.67. The zero-order valence-electron chi connectivity index (χ0n) is 10.7. The van der Waals surface area contributed by atoms with Crippen LogP contribution in [0.15, 0.2) is 42.5 Å². The van der Waals surface area contributed by atoms with E-state index >= 15 is 0 Å². The molecule has 0 spiro atoms. The van der Waals surface area contributed by atoms with Crippen LogP contribution in [0.2, 0.25) is 0 Å². The fraction of sp³-hybridized carbons (Fsp3) is 0.0667. The summed E-state index contributed by atoms with van der Waals surface area (Å²) in [5.41, 5.74) is 1.21. The van der Waals surface area contributed by atoms with E-state index in [0.717, 1.165) is 0 Å². The molecule has 100 valence electrons. The van der Waals surface area contributed by atoms with E-state index in [1.807, 2.05) is 6.07 Å². The molecule has 0 atom stereocenters. The molecule has 0 heterocycles. The van der Waals surface area contributed by atoms with Gasteiger partial charge in [-0.15, -0.1) is 0 Å². The largest absolute Gasteiger partial charge is 0.494 e. The molecule has 0 aliphatic heterocycles. The number of carbonyl (C=O) groups excluding carboxylic acids is 1. The Morgan fingerprint density at radius 1 is 1.30 bits per heavy atom. The van der Waals surface area contributed by atoms with Gasteiger partial charge >= 0.3 is 0 Å². The highest BCUT2D eigenvalue weighted by atomic mass is 19.1. The number of nitriles is 1. The molecule has 2 aromatic carbocycles. The summed E-state index contributed by atoms with van der Waals surface area (Å²) in [4.78, 5) is 12.0. The molecule has 0 saturated carbocycles. The van der Waals surface area contributed by atoms with Gasteiger partial charge in [-0.1, -0.05) is 6.07 Å². The van der Waals surface area contributed by atoms with Gasteiger partial charge < -0.3 is 10.1 Å². The Morgan fingerprint density at radius 2 is 2.10 bits per heavy atom. The molecule has 0 saturated heterocycles. The summed E-state index contributed by atoms with van der Waals surface area (Å²) in [6.45, 7) is 0. The summed E-state index contributed by atoms with van der Waals surface area (Å²) >= 11 is 0. The third-order valence-electron chi connectivity index (χ3n) is 2.66. The lowest BCUT2D eigenvalue weighted by atomic mass is 10.1. The normalized spacial score (nSPS) is 9.65. The number of amides is 1. The van der Waals surface area contributed by atoms with Crippen molar-refractivity contribution in [3.8, 4) is 11.8 Å². The Labute approximate surface area is 115 Å². The van der Waals surface area contributed by atoms with E-state index in [9.17, 15) is 9.18 Å². The van der Waals surface area contributed by atoms with Crippen molar-refractivity contribution < 1.29 is 13.9 Å². The van der Waals surface area contributed by atoms with Crippen molar-refractivity contribution in [2.45, 2.75) is 0 Å². The molecule has 0 unspecified atom stereocenters. The molecular formula is C15H11FN2O2. The van der Waals surface area contributed by atoms with Crippen molar-refractivity contribution in [2.75, 3.05) is 12.4 Å². The maximum absolute atomic E-state index is 13.3. The van der Waals surface area contributed by atoms with E-state index in [-0.39, 0.29) is 11.3 Å². The van der Waals surface area contributed by atoms with Crippen LogP contribution in [0, 0.1) is 17.1 Å². The first kappa shape index (κ1) is 13.6. The molecule has 1 N–H and O–H groups in total. The monoisotopic (exact) mass is 270 g/mol. The van der Waals surface area contributed by atoms with Crippen LogP contribution in [-0.4, -0.2) is 13.0 Å². The zero-order valence-corrected chi connectivity index (χ0v) is 10.7. The molecule has 2 rings (SSSR count). The number of methoxy groups -OCH3 is 1. The van der Waals surface area contributed by atoms with Gasteiger partial charge in [0.2, 0.25) is 0 Å². The Morgan fingerprint density at radius 3 is 2.80 bits per heavy atom. The summed E-state index contributed by atoms with van der Waals surface area (Å²) in [7, 11) is 1.33. The molecular weight excluding hydrogens is 259 g/mol. The maximum Gasteiger partial charge on any atom is 0.255 e. The second-order valence-corrected chi connectivity index (χ2v) is 4.00. The molecule has 0 bridgehead atoms. The van der Waals surface area contributed by atoms with Gasteiger partial charge in [-0.05, 0) is 36.4 Å². The summed E-state index contributed by atoms with van der Waals surface area (Å²) in [6, 6.07) is 12.4. The summed E-state index contributed by atoms with van der Waals surface area (Å²) < 4.78 is 18.1. The predicted molar refractivity (Wildman–Crippen MR) is 72.1 cm³/mol. The van der Waals surface area contributed by atoms with Gasteiger partial charge in [-0.2, -0.15) is 5.26 Å². The highest BCUT2D eigenvalue weighted by Crippen LogP contribution is 2.19. The number of anilines is 1. The van der Waals surface area contributed by atoms with E-state index in [4.69, 9.17) is 10.00 Å². The van der Waals surface area contributed by atoms with Gasteiger partial charge in [0.15, 0.2) is 11.6 Å². The van der Waals surface area contributed by atoms with Crippen molar-refractivity contribution >= 4 is 11.6 Å². The lowest BCUT2D eigenvalue weighted by Crippen LogP contribution is -2.12. The third kappa shape index (κ3) is 2.93. The minimum Gasteiger partial charge on any atom is -0.494 e. The standard InChI is InChI=1S/C15H11FN2O2/c1-20-14-8-11(5-6-13(14)16)15(19)18-12-4-2-3-10(7-12)9-17/h2-8H,1H3,(H,18,19). The Kier molecular flexibility index (Phi) is 3.96. The Hall–Kier alpha value is -2.87. The molecule has 0 radical (unpaired) electrons. The number of benzene rings is 2. The van der Waals surface area contributed by atoms with E-state index in [1.54, 1.807) is 24.3 Å². The summed E-state index contributed by atoms with van der Waals surface area (Å²) in [5.74, 6) is -0.933. The predicted octanol–water partition coefficient (Wildman–Crippen LogP) is 2.96. The number of halogens is 1. The smallest absolute Gasteiger partial charge is 0.255 e. The second kappa shape index (κ2) is 5.85. The van der Waals surface area contributed by atoms with E-state index in [2.05, 4.69) is 5.32 Å². The van der Waals surface area contributed by atoms with Crippen LogP contribution in [0.3, 0.4) is 0 Å².